The highest BCUT2D eigenvalue weighted by atomic mass is 35.5. The van der Waals surface area contributed by atoms with Crippen LogP contribution in [-0.4, -0.2) is 20.0 Å². The van der Waals surface area contributed by atoms with Crippen LogP contribution in [0, 0.1) is 17.1 Å². The highest BCUT2D eigenvalue weighted by Crippen LogP contribution is 2.37. The molecule has 38 heavy (non-hydrogen) atoms. The number of anilines is 2. The van der Waals surface area contributed by atoms with Crippen LogP contribution in [0.2, 0.25) is 5.02 Å². The predicted octanol–water partition coefficient (Wildman–Crippen LogP) is 6.79. The van der Waals surface area contributed by atoms with Gasteiger partial charge in [0.2, 0.25) is 0 Å². The molecule has 9 heteroatoms. The smallest absolute Gasteiger partial charge is 0.123 e. The van der Waals surface area contributed by atoms with Crippen molar-refractivity contribution in [2.75, 3.05) is 10.6 Å². The maximum atomic E-state index is 13.7. The van der Waals surface area contributed by atoms with Gasteiger partial charge in [0, 0.05) is 23.7 Å². The van der Waals surface area contributed by atoms with Crippen molar-refractivity contribution in [3.63, 3.8) is 0 Å². The van der Waals surface area contributed by atoms with E-state index in [1.54, 1.807) is 42.3 Å². The standard InChI is InChI=1S/C29H25ClFN7/c1-3-24(18-7-5-4-6-8-18)34-27-20(15-32)16-33-29-23(27)13-21(30)14-25(29)35-28(26-17-38(2)37-36-26)19-9-11-22(31)12-10-19/h4-14,16-17,24,28,35H,3H2,1-2H3,(H,33,34)/t24-,28+/m1/s1. The number of hydrogen-bond donors (Lipinski definition) is 2. The zero-order chi connectivity index (χ0) is 26.6. The molecule has 0 amide bonds. The maximum Gasteiger partial charge on any atom is 0.123 e. The Morgan fingerprint density at radius 3 is 2.47 bits per heavy atom. The van der Waals surface area contributed by atoms with Crippen LogP contribution in [0.4, 0.5) is 15.8 Å². The summed E-state index contributed by atoms with van der Waals surface area (Å²) >= 11 is 6.62. The molecule has 2 aromatic heterocycles. The summed E-state index contributed by atoms with van der Waals surface area (Å²) in [4.78, 5) is 4.63. The molecule has 2 atom stereocenters. The normalized spacial score (nSPS) is 12.6. The van der Waals surface area contributed by atoms with Crippen LogP contribution in [0.3, 0.4) is 0 Å². The third kappa shape index (κ3) is 5.15. The molecule has 0 aliphatic carbocycles. The van der Waals surface area contributed by atoms with E-state index in [2.05, 4.69) is 51.1 Å². The molecule has 0 unspecified atom stereocenters. The molecule has 0 saturated heterocycles. The minimum absolute atomic E-state index is 0.0177. The Bertz CT molecular complexity index is 1610. The third-order valence-electron chi connectivity index (χ3n) is 6.40. The van der Waals surface area contributed by atoms with E-state index in [4.69, 9.17) is 11.6 Å². The van der Waals surface area contributed by atoms with Crippen LogP contribution in [0.1, 0.15) is 47.8 Å². The topological polar surface area (TPSA) is 91.5 Å². The van der Waals surface area contributed by atoms with Crippen molar-refractivity contribution in [2.24, 2.45) is 7.05 Å². The van der Waals surface area contributed by atoms with Gasteiger partial charge in [0.25, 0.3) is 0 Å². The van der Waals surface area contributed by atoms with Crippen LogP contribution in [0.15, 0.2) is 79.1 Å². The number of aromatic nitrogens is 4. The molecule has 0 aliphatic rings. The molecular formula is C29H25ClFN7. The van der Waals surface area contributed by atoms with Gasteiger partial charge < -0.3 is 10.6 Å². The number of benzene rings is 3. The zero-order valence-corrected chi connectivity index (χ0v) is 21.6. The molecule has 0 bridgehead atoms. The van der Waals surface area contributed by atoms with Gasteiger partial charge in [-0.1, -0.05) is 66.2 Å². The second kappa shape index (κ2) is 10.9. The van der Waals surface area contributed by atoms with Gasteiger partial charge in [-0.15, -0.1) is 5.10 Å². The van der Waals surface area contributed by atoms with Crippen LogP contribution in [0.25, 0.3) is 10.9 Å². The first-order valence-electron chi connectivity index (χ1n) is 12.2. The van der Waals surface area contributed by atoms with E-state index in [0.29, 0.717) is 38.6 Å². The number of nitriles is 1. The van der Waals surface area contributed by atoms with Gasteiger partial charge in [-0.25, -0.2) is 4.39 Å². The Hall–Kier alpha value is -4.48. The SMILES string of the molecule is CC[C@@H](Nc1c(C#N)cnc2c(N[C@@H](c3ccc(F)cc3)c3cn(C)nn3)cc(Cl)cc12)c1ccccc1. The monoisotopic (exact) mass is 525 g/mol. The van der Waals surface area contributed by atoms with E-state index in [-0.39, 0.29) is 11.9 Å². The van der Waals surface area contributed by atoms with Crippen molar-refractivity contribution in [1.29, 1.82) is 5.26 Å². The fourth-order valence-electron chi connectivity index (χ4n) is 4.53. The van der Waals surface area contributed by atoms with Crippen molar-refractivity contribution < 1.29 is 4.39 Å². The molecule has 7 nitrogen and oxygen atoms in total. The van der Waals surface area contributed by atoms with Crippen molar-refractivity contribution in [3.05, 3.63) is 112 Å². The Morgan fingerprint density at radius 2 is 1.82 bits per heavy atom. The number of hydrogen-bond acceptors (Lipinski definition) is 6. The van der Waals surface area contributed by atoms with Gasteiger partial charge in [0.15, 0.2) is 0 Å². The van der Waals surface area contributed by atoms with Crippen LogP contribution < -0.4 is 10.6 Å². The minimum atomic E-state index is -0.451. The Kier molecular flexibility index (Phi) is 7.20. The molecular weight excluding hydrogens is 501 g/mol. The fraction of sp³-hybridized carbons (Fsp3) is 0.172. The highest BCUT2D eigenvalue weighted by Gasteiger charge is 2.22. The third-order valence-corrected chi connectivity index (χ3v) is 6.62. The summed E-state index contributed by atoms with van der Waals surface area (Å²) in [6.45, 7) is 2.09. The largest absolute Gasteiger partial charge is 0.377 e. The summed E-state index contributed by atoms with van der Waals surface area (Å²) in [6, 6.07) is 21.7. The van der Waals surface area contributed by atoms with E-state index >= 15 is 0 Å². The summed E-state index contributed by atoms with van der Waals surface area (Å²) in [6.07, 6.45) is 4.17. The minimum Gasteiger partial charge on any atom is -0.377 e. The summed E-state index contributed by atoms with van der Waals surface area (Å²) in [5.41, 5.74) is 4.92. The average Bonchev–Trinajstić information content (AvgIpc) is 3.37. The summed E-state index contributed by atoms with van der Waals surface area (Å²) in [5, 5.41) is 26.5. The number of nitrogens with one attached hydrogen (secondary N) is 2. The number of rotatable bonds is 8. The zero-order valence-electron chi connectivity index (χ0n) is 20.9. The Labute approximate surface area is 224 Å². The van der Waals surface area contributed by atoms with Gasteiger partial charge >= 0.3 is 0 Å². The molecule has 5 aromatic rings. The van der Waals surface area contributed by atoms with Gasteiger partial charge in [-0.2, -0.15) is 5.26 Å². The molecule has 0 aliphatic heterocycles. The van der Waals surface area contributed by atoms with Gasteiger partial charge in [0.1, 0.15) is 17.6 Å². The van der Waals surface area contributed by atoms with Crippen molar-refractivity contribution in [1.82, 2.24) is 20.0 Å². The molecule has 3 aromatic carbocycles. The van der Waals surface area contributed by atoms with E-state index in [0.717, 1.165) is 17.5 Å². The maximum absolute atomic E-state index is 13.7. The Balaban J connectivity index is 1.62. The summed E-state index contributed by atoms with van der Waals surface area (Å²) in [7, 11) is 1.78. The van der Waals surface area contributed by atoms with Crippen LogP contribution in [0.5, 0.6) is 0 Å². The molecule has 0 spiro atoms. The van der Waals surface area contributed by atoms with Gasteiger partial charge in [0.05, 0.1) is 40.7 Å². The first kappa shape index (κ1) is 25.2. The van der Waals surface area contributed by atoms with Crippen molar-refractivity contribution in [2.45, 2.75) is 25.4 Å². The number of aryl methyl sites for hydroxylation is 1. The Morgan fingerprint density at radius 1 is 1.05 bits per heavy atom. The molecule has 0 saturated carbocycles. The lowest BCUT2D eigenvalue weighted by atomic mass is 10.0. The van der Waals surface area contributed by atoms with E-state index in [1.807, 2.05) is 24.3 Å². The lowest BCUT2D eigenvalue weighted by molar-refractivity contribution is 0.626. The van der Waals surface area contributed by atoms with Crippen molar-refractivity contribution in [3.8, 4) is 6.07 Å². The number of pyridine rings is 1. The first-order chi connectivity index (χ1) is 18.5. The molecule has 190 valence electrons. The number of fused-ring (bicyclic) bond motifs is 1. The highest BCUT2D eigenvalue weighted by molar-refractivity contribution is 6.32. The van der Waals surface area contributed by atoms with Crippen LogP contribution >= 0.6 is 11.6 Å². The molecule has 0 radical (unpaired) electrons. The summed E-state index contributed by atoms with van der Waals surface area (Å²) < 4.78 is 15.3. The van der Waals surface area contributed by atoms with Crippen molar-refractivity contribution >= 4 is 33.9 Å². The lowest BCUT2D eigenvalue weighted by Gasteiger charge is -2.23. The molecule has 2 N–H and O–H groups in total. The molecule has 2 heterocycles. The van der Waals surface area contributed by atoms with Gasteiger partial charge in [-0.3, -0.25) is 9.67 Å². The van der Waals surface area contributed by atoms with E-state index < -0.39 is 6.04 Å². The number of halogens is 2. The van der Waals surface area contributed by atoms with E-state index in [1.165, 1.54) is 12.1 Å². The molecule has 5 rings (SSSR count). The molecule has 0 fully saturated rings. The lowest BCUT2D eigenvalue weighted by Crippen LogP contribution is -2.14. The summed E-state index contributed by atoms with van der Waals surface area (Å²) in [5.74, 6) is -0.329. The number of nitrogens with zero attached hydrogens (tertiary/aromatic N) is 5. The predicted molar refractivity (Wildman–Crippen MR) is 147 cm³/mol. The van der Waals surface area contributed by atoms with E-state index in [9.17, 15) is 9.65 Å². The first-order valence-corrected chi connectivity index (χ1v) is 12.6. The average molecular weight is 526 g/mol. The van der Waals surface area contributed by atoms with Gasteiger partial charge in [-0.05, 0) is 41.8 Å². The second-order valence-corrected chi connectivity index (χ2v) is 9.41. The van der Waals surface area contributed by atoms with Crippen LogP contribution in [-0.2, 0) is 7.05 Å². The fourth-order valence-corrected chi connectivity index (χ4v) is 4.75. The quantitative estimate of drug-likeness (QED) is 0.232. The second-order valence-electron chi connectivity index (χ2n) is 8.97.